The SMILES string of the molecule is CCOC(=O)/C=C/c1ccc(O[Si](Cc2ccc(-c3ccccc3C#N)cc2)(C(C)C)C(C)C)cc1-c1ccoc1. The minimum atomic E-state index is -2.39. The number of benzene rings is 3. The Morgan fingerprint density at radius 1 is 0.951 bits per heavy atom. The zero-order valence-electron chi connectivity index (χ0n) is 24.4. The lowest BCUT2D eigenvalue weighted by atomic mass is 10.00. The first kappa shape index (κ1) is 29.6. The predicted octanol–water partition coefficient (Wildman–Crippen LogP) is 8.99. The zero-order valence-corrected chi connectivity index (χ0v) is 25.4. The molecule has 0 saturated heterocycles. The molecule has 0 saturated carbocycles. The van der Waals surface area contributed by atoms with E-state index in [9.17, 15) is 10.1 Å². The van der Waals surface area contributed by atoms with E-state index >= 15 is 0 Å². The molecule has 3 aromatic carbocycles. The lowest BCUT2D eigenvalue weighted by Gasteiger charge is -2.39. The Hall–Kier alpha value is -4.34. The predicted molar refractivity (Wildman–Crippen MR) is 167 cm³/mol. The van der Waals surface area contributed by atoms with Crippen molar-refractivity contribution in [3.8, 4) is 34.1 Å². The fraction of sp³-hybridized carbons (Fsp3) is 0.257. The molecular formula is C35H37NO4Si. The minimum Gasteiger partial charge on any atom is -0.543 e. The maximum Gasteiger partial charge on any atom is 0.330 e. The Kier molecular flexibility index (Phi) is 9.64. The number of rotatable bonds is 11. The number of carbonyl (C=O) groups is 1. The zero-order chi connectivity index (χ0) is 29.4. The van der Waals surface area contributed by atoms with Crippen molar-refractivity contribution >= 4 is 20.4 Å². The van der Waals surface area contributed by atoms with Crippen LogP contribution in [-0.4, -0.2) is 20.9 Å². The van der Waals surface area contributed by atoms with Gasteiger partial charge in [-0.05, 0) is 76.2 Å². The molecule has 0 bridgehead atoms. The average molecular weight is 564 g/mol. The van der Waals surface area contributed by atoms with Gasteiger partial charge in [-0.15, -0.1) is 0 Å². The molecule has 0 amide bonds. The quantitative estimate of drug-likeness (QED) is 0.103. The van der Waals surface area contributed by atoms with Crippen LogP contribution in [0.15, 0.2) is 95.8 Å². The molecule has 0 fully saturated rings. The van der Waals surface area contributed by atoms with Crippen LogP contribution < -0.4 is 4.43 Å². The summed E-state index contributed by atoms with van der Waals surface area (Å²) in [7, 11) is -2.39. The van der Waals surface area contributed by atoms with Crippen LogP contribution in [0.25, 0.3) is 28.3 Å². The molecule has 1 aromatic heterocycles. The molecule has 5 nitrogen and oxygen atoms in total. The van der Waals surface area contributed by atoms with Gasteiger partial charge >= 0.3 is 5.97 Å². The van der Waals surface area contributed by atoms with Crippen molar-refractivity contribution in [1.82, 2.24) is 0 Å². The summed E-state index contributed by atoms with van der Waals surface area (Å²) in [6, 6.07) is 27.3. The molecule has 0 aliphatic carbocycles. The summed E-state index contributed by atoms with van der Waals surface area (Å²) in [4.78, 5) is 12.0. The summed E-state index contributed by atoms with van der Waals surface area (Å²) in [5.74, 6) is 0.433. The Morgan fingerprint density at radius 3 is 2.32 bits per heavy atom. The van der Waals surface area contributed by atoms with Gasteiger partial charge in [-0.1, -0.05) is 76.2 Å². The number of esters is 1. The van der Waals surface area contributed by atoms with Crippen molar-refractivity contribution in [2.24, 2.45) is 0 Å². The summed E-state index contributed by atoms with van der Waals surface area (Å²) in [6.07, 6.45) is 6.55. The minimum absolute atomic E-state index is 0.331. The first-order valence-electron chi connectivity index (χ1n) is 14.1. The summed E-state index contributed by atoms with van der Waals surface area (Å²) < 4.78 is 17.5. The topological polar surface area (TPSA) is 72.5 Å². The third-order valence-electron chi connectivity index (χ3n) is 7.60. The van der Waals surface area contributed by atoms with Crippen LogP contribution >= 0.6 is 0 Å². The second-order valence-electron chi connectivity index (χ2n) is 10.7. The fourth-order valence-corrected chi connectivity index (χ4v) is 9.41. The number of ether oxygens (including phenoxy) is 1. The molecular weight excluding hydrogens is 526 g/mol. The molecule has 0 spiro atoms. The second-order valence-corrected chi connectivity index (χ2v) is 15.5. The van der Waals surface area contributed by atoms with Crippen molar-refractivity contribution in [1.29, 1.82) is 5.26 Å². The lowest BCUT2D eigenvalue weighted by molar-refractivity contribution is -0.137. The molecule has 41 heavy (non-hydrogen) atoms. The van der Waals surface area contributed by atoms with E-state index in [0.717, 1.165) is 39.6 Å². The van der Waals surface area contributed by atoms with Crippen molar-refractivity contribution in [2.45, 2.75) is 51.7 Å². The highest BCUT2D eigenvalue weighted by Gasteiger charge is 2.44. The van der Waals surface area contributed by atoms with Crippen LogP contribution in [-0.2, 0) is 15.6 Å². The molecule has 1 heterocycles. The van der Waals surface area contributed by atoms with E-state index in [1.807, 2.05) is 48.5 Å². The van der Waals surface area contributed by atoms with Gasteiger partial charge in [0.15, 0.2) is 0 Å². The Bertz CT molecular complexity index is 1520. The third-order valence-corrected chi connectivity index (χ3v) is 13.1. The van der Waals surface area contributed by atoms with Gasteiger partial charge in [0.05, 0.1) is 30.8 Å². The summed E-state index contributed by atoms with van der Waals surface area (Å²) in [6.45, 7) is 11.2. The van der Waals surface area contributed by atoms with E-state index < -0.39 is 8.32 Å². The van der Waals surface area contributed by atoms with Gasteiger partial charge in [-0.3, -0.25) is 0 Å². The molecule has 6 heteroatoms. The summed E-state index contributed by atoms with van der Waals surface area (Å²) >= 11 is 0. The highest BCUT2D eigenvalue weighted by molar-refractivity contribution is 6.76. The van der Waals surface area contributed by atoms with Crippen molar-refractivity contribution in [2.75, 3.05) is 6.61 Å². The Balaban J connectivity index is 1.67. The molecule has 4 aromatic rings. The fourth-order valence-electron chi connectivity index (χ4n) is 5.28. The third kappa shape index (κ3) is 6.87. The van der Waals surface area contributed by atoms with Crippen molar-refractivity contribution in [3.05, 3.63) is 108 Å². The van der Waals surface area contributed by atoms with E-state index in [1.165, 1.54) is 11.6 Å². The van der Waals surface area contributed by atoms with Crippen molar-refractivity contribution < 1.29 is 18.4 Å². The number of nitriles is 1. The maximum atomic E-state index is 12.0. The van der Waals surface area contributed by atoms with Gasteiger partial charge in [0, 0.05) is 17.7 Å². The number of hydrogen-bond donors (Lipinski definition) is 0. The average Bonchev–Trinajstić information content (AvgIpc) is 3.51. The monoisotopic (exact) mass is 563 g/mol. The number of hydrogen-bond acceptors (Lipinski definition) is 5. The van der Waals surface area contributed by atoms with Crippen LogP contribution in [0.5, 0.6) is 5.75 Å². The van der Waals surface area contributed by atoms with Crippen LogP contribution in [0.3, 0.4) is 0 Å². The van der Waals surface area contributed by atoms with Crippen LogP contribution in [0.4, 0.5) is 0 Å². The maximum absolute atomic E-state index is 12.0. The summed E-state index contributed by atoms with van der Waals surface area (Å²) in [5, 5.41) is 9.53. The molecule has 0 N–H and O–H groups in total. The van der Waals surface area contributed by atoms with Crippen molar-refractivity contribution in [3.63, 3.8) is 0 Å². The van der Waals surface area contributed by atoms with Gasteiger partial charge < -0.3 is 13.6 Å². The first-order valence-corrected chi connectivity index (χ1v) is 16.3. The Labute approximate surface area is 244 Å². The summed E-state index contributed by atoms with van der Waals surface area (Å²) in [5.41, 5.74) is 7.28. The van der Waals surface area contributed by atoms with E-state index in [1.54, 1.807) is 25.5 Å². The van der Waals surface area contributed by atoms with Gasteiger partial charge in [-0.25, -0.2) is 4.79 Å². The van der Waals surface area contributed by atoms with Crippen LogP contribution in [0.2, 0.25) is 11.1 Å². The number of furan rings is 1. The van der Waals surface area contributed by atoms with Gasteiger partial charge in [0.25, 0.3) is 8.32 Å². The normalized spacial score (nSPS) is 11.7. The lowest BCUT2D eigenvalue weighted by Crippen LogP contribution is -2.50. The van der Waals surface area contributed by atoms with Crippen LogP contribution in [0.1, 0.15) is 51.3 Å². The highest BCUT2D eigenvalue weighted by atomic mass is 28.4. The largest absolute Gasteiger partial charge is 0.543 e. The molecule has 0 atom stereocenters. The van der Waals surface area contributed by atoms with Gasteiger partial charge in [0.1, 0.15) is 5.75 Å². The number of nitrogens with zero attached hydrogens (tertiary/aromatic N) is 1. The number of carbonyl (C=O) groups excluding carboxylic acids is 1. The van der Waals surface area contributed by atoms with Gasteiger partial charge in [-0.2, -0.15) is 5.26 Å². The highest BCUT2D eigenvalue weighted by Crippen LogP contribution is 2.39. The molecule has 0 aliphatic heterocycles. The molecule has 4 rings (SSSR count). The molecule has 0 unspecified atom stereocenters. The van der Waals surface area contributed by atoms with Gasteiger partial charge in [0.2, 0.25) is 0 Å². The smallest absolute Gasteiger partial charge is 0.330 e. The van der Waals surface area contributed by atoms with E-state index in [4.69, 9.17) is 13.6 Å². The standard InChI is InChI=1S/C35H37NO4Si/c1-6-39-35(37)18-16-29-15-17-32(21-34(29)31-19-20-38-23-31)40-41(25(2)3,26(4)5)24-27-11-13-28(14-12-27)33-10-8-7-9-30(33)22-36/h7-21,23,25-26H,6,24H2,1-5H3/b18-16+. The van der Waals surface area contributed by atoms with E-state index in [0.29, 0.717) is 23.3 Å². The van der Waals surface area contributed by atoms with E-state index in [2.05, 4.69) is 58.0 Å². The molecule has 0 radical (unpaired) electrons. The van der Waals surface area contributed by atoms with E-state index in [-0.39, 0.29) is 5.97 Å². The molecule has 210 valence electrons. The molecule has 0 aliphatic rings. The first-order chi connectivity index (χ1) is 19.8. The van der Waals surface area contributed by atoms with Crippen LogP contribution in [0, 0.1) is 11.3 Å². The second kappa shape index (κ2) is 13.3. The Morgan fingerprint density at radius 2 is 1.68 bits per heavy atom.